The average molecular weight is 385 g/mol. The first-order valence-corrected chi connectivity index (χ1v) is 8.29. The SMILES string of the molecule is COc1ccc(C=NC(CC(Cl)=C(Cl)Cl)c2ccccc2)cc1O. The molecule has 24 heavy (non-hydrogen) atoms. The van der Waals surface area contributed by atoms with E-state index in [9.17, 15) is 5.11 Å². The molecule has 2 rings (SSSR count). The summed E-state index contributed by atoms with van der Waals surface area (Å²) >= 11 is 17.6. The van der Waals surface area contributed by atoms with Crippen LogP contribution in [0.2, 0.25) is 0 Å². The molecule has 0 heterocycles. The summed E-state index contributed by atoms with van der Waals surface area (Å²) in [5.74, 6) is 0.464. The number of nitrogens with zero attached hydrogens (tertiary/aromatic N) is 1. The highest BCUT2D eigenvalue weighted by Gasteiger charge is 2.13. The second-order valence-electron chi connectivity index (χ2n) is 5.01. The van der Waals surface area contributed by atoms with E-state index in [0.717, 1.165) is 11.1 Å². The van der Waals surface area contributed by atoms with Crippen LogP contribution in [0.3, 0.4) is 0 Å². The highest BCUT2D eigenvalue weighted by atomic mass is 35.5. The Kier molecular flexibility index (Phi) is 6.98. The van der Waals surface area contributed by atoms with Gasteiger partial charge in [0, 0.05) is 12.6 Å². The third-order valence-corrected chi connectivity index (χ3v) is 4.36. The van der Waals surface area contributed by atoms with E-state index in [1.54, 1.807) is 24.4 Å². The lowest BCUT2D eigenvalue weighted by Gasteiger charge is -2.13. The second kappa shape index (κ2) is 8.97. The Bertz CT molecular complexity index is 741. The topological polar surface area (TPSA) is 41.8 Å². The first-order chi connectivity index (χ1) is 11.5. The van der Waals surface area contributed by atoms with Crippen LogP contribution in [-0.2, 0) is 0 Å². The van der Waals surface area contributed by atoms with Crippen molar-refractivity contribution in [2.45, 2.75) is 12.5 Å². The van der Waals surface area contributed by atoms with Gasteiger partial charge in [-0.3, -0.25) is 4.99 Å². The number of phenols is 1. The van der Waals surface area contributed by atoms with E-state index < -0.39 is 0 Å². The zero-order chi connectivity index (χ0) is 17.5. The fraction of sp³-hybridized carbons (Fsp3) is 0.167. The van der Waals surface area contributed by atoms with E-state index in [4.69, 9.17) is 39.5 Å². The maximum Gasteiger partial charge on any atom is 0.160 e. The molecule has 0 spiro atoms. The molecule has 2 aromatic rings. The fourth-order valence-electron chi connectivity index (χ4n) is 2.14. The molecule has 0 amide bonds. The van der Waals surface area contributed by atoms with Gasteiger partial charge in [-0.05, 0) is 29.3 Å². The maximum absolute atomic E-state index is 9.84. The van der Waals surface area contributed by atoms with Crippen LogP contribution in [-0.4, -0.2) is 18.4 Å². The Morgan fingerprint density at radius 2 is 1.88 bits per heavy atom. The molecular formula is C18H16Cl3NO2. The van der Waals surface area contributed by atoms with Crippen LogP contribution in [0, 0.1) is 0 Å². The summed E-state index contributed by atoms with van der Waals surface area (Å²) in [5.41, 5.74) is 1.73. The number of methoxy groups -OCH3 is 1. The minimum atomic E-state index is -0.240. The van der Waals surface area contributed by atoms with Crippen molar-refractivity contribution in [2.75, 3.05) is 7.11 Å². The van der Waals surface area contributed by atoms with Gasteiger partial charge in [-0.15, -0.1) is 0 Å². The Labute approximate surface area is 156 Å². The van der Waals surface area contributed by atoms with Crippen LogP contribution in [0.5, 0.6) is 11.5 Å². The minimum Gasteiger partial charge on any atom is -0.504 e. The van der Waals surface area contributed by atoms with E-state index >= 15 is 0 Å². The van der Waals surface area contributed by atoms with Crippen molar-refractivity contribution in [3.63, 3.8) is 0 Å². The van der Waals surface area contributed by atoms with Gasteiger partial charge < -0.3 is 9.84 Å². The van der Waals surface area contributed by atoms with Crippen molar-refractivity contribution in [2.24, 2.45) is 4.99 Å². The van der Waals surface area contributed by atoms with Gasteiger partial charge in [-0.25, -0.2) is 0 Å². The Morgan fingerprint density at radius 3 is 2.46 bits per heavy atom. The van der Waals surface area contributed by atoms with Crippen LogP contribution in [0.4, 0.5) is 0 Å². The maximum atomic E-state index is 9.84. The molecule has 0 aliphatic carbocycles. The average Bonchev–Trinajstić information content (AvgIpc) is 2.59. The van der Waals surface area contributed by atoms with Crippen LogP contribution < -0.4 is 4.74 Å². The molecule has 6 heteroatoms. The van der Waals surface area contributed by atoms with E-state index in [1.807, 2.05) is 30.3 Å². The first kappa shape index (κ1) is 18.7. The smallest absolute Gasteiger partial charge is 0.160 e. The van der Waals surface area contributed by atoms with Gasteiger partial charge in [0.15, 0.2) is 11.5 Å². The zero-order valence-electron chi connectivity index (χ0n) is 12.9. The number of rotatable bonds is 6. The summed E-state index contributed by atoms with van der Waals surface area (Å²) in [6.07, 6.45) is 2.05. The Balaban J connectivity index is 2.27. The lowest BCUT2D eigenvalue weighted by Crippen LogP contribution is -1.97. The third-order valence-electron chi connectivity index (χ3n) is 3.37. The third kappa shape index (κ3) is 5.17. The molecule has 0 aromatic heterocycles. The van der Waals surface area contributed by atoms with E-state index in [2.05, 4.69) is 4.99 Å². The van der Waals surface area contributed by atoms with Gasteiger partial charge in [-0.1, -0.05) is 65.1 Å². The van der Waals surface area contributed by atoms with Crippen molar-refractivity contribution >= 4 is 41.0 Å². The molecule has 0 aliphatic heterocycles. The van der Waals surface area contributed by atoms with Crippen molar-refractivity contribution in [1.29, 1.82) is 0 Å². The van der Waals surface area contributed by atoms with Gasteiger partial charge in [0.05, 0.1) is 18.2 Å². The number of halogens is 3. The summed E-state index contributed by atoms with van der Waals surface area (Å²) in [6, 6.07) is 14.5. The summed E-state index contributed by atoms with van der Waals surface area (Å²) in [4.78, 5) is 4.57. The number of aromatic hydroxyl groups is 1. The lowest BCUT2D eigenvalue weighted by molar-refractivity contribution is 0.373. The van der Waals surface area contributed by atoms with Crippen molar-refractivity contribution in [3.8, 4) is 11.5 Å². The molecule has 0 radical (unpaired) electrons. The molecule has 1 atom stereocenters. The number of hydrogen-bond donors (Lipinski definition) is 1. The van der Waals surface area contributed by atoms with Gasteiger partial charge in [-0.2, -0.15) is 0 Å². The zero-order valence-corrected chi connectivity index (χ0v) is 15.2. The van der Waals surface area contributed by atoms with Crippen LogP contribution in [0.25, 0.3) is 0 Å². The second-order valence-corrected chi connectivity index (χ2v) is 6.41. The summed E-state index contributed by atoms with van der Waals surface area (Å²) < 4.78 is 5.06. The molecular weight excluding hydrogens is 369 g/mol. The van der Waals surface area contributed by atoms with Crippen LogP contribution in [0.1, 0.15) is 23.6 Å². The number of aliphatic imine (C=N–C) groups is 1. The summed E-state index contributed by atoms with van der Waals surface area (Å²) in [6.45, 7) is 0. The molecule has 0 saturated carbocycles. The molecule has 1 unspecified atom stereocenters. The fourth-order valence-corrected chi connectivity index (χ4v) is 2.44. The minimum absolute atomic E-state index is 0.0369. The molecule has 0 bridgehead atoms. The summed E-state index contributed by atoms with van der Waals surface area (Å²) in [7, 11) is 1.50. The highest BCUT2D eigenvalue weighted by molar-refractivity contribution is 6.59. The Morgan fingerprint density at radius 1 is 1.17 bits per heavy atom. The lowest BCUT2D eigenvalue weighted by atomic mass is 10.0. The normalized spacial score (nSPS) is 12.2. The Hall–Kier alpha value is -1.68. The standard InChI is InChI=1S/C18H16Cl3NO2/c1-24-17-8-7-12(9-16(17)23)11-22-15(10-14(19)18(20)21)13-5-3-2-4-6-13/h2-9,11,15,23H,10H2,1H3. The van der Waals surface area contributed by atoms with Crippen molar-refractivity contribution < 1.29 is 9.84 Å². The molecule has 3 nitrogen and oxygen atoms in total. The van der Waals surface area contributed by atoms with E-state index in [-0.39, 0.29) is 16.3 Å². The molecule has 1 N–H and O–H groups in total. The van der Waals surface area contributed by atoms with Gasteiger partial charge in [0.2, 0.25) is 0 Å². The van der Waals surface area contributed by atoms with Gasteiger partial charge >= 0.3 is 0 Å². The molecule has 2 aromatic carbocycles. The van der Waals surface area contributed by atoms with Crippen LogP contribution in [0.15, 0.2) is 63.0 Å². The van der Waals surface area contributed by atoms with Crippen molar-refractivity contribution in [3.05, 3.63) is 69.2 Å². The molecule has 0 saturated heterocycles. The monoisotopic (exact) mass is 383 g/mol. The predicted molar refractivity (Wildman–Crippen MR) is 101 cm³/mol. The summed E-state index contributed by atoms with van der Waals surface area (Å²) in [5, 5.41) is 10.2. The number of phenolic OH excluding ortho intramolecular Hbond substituents is 1. The van der Waals surface area contributed by atoms with Crippen molar-refractivity contribution in [1.82, 2.24) is 0 Å². The predicted octanol–water partition coefficient (Wildman–Crippen LogP) is 5.84. The van der Waals surface area contributed by atoms with Gasteiger partial charge in [0.25, 0.3) is 0 Å². The quantitative estimate of drug-likeness (QED) is 0.636. The van der Waals surface area contributed by atoms with E-state index in [0.29, 0.717) is 17.2 Å². The largest absolute Gasteiger partial charge is 0.504 e. The first-order valence-electron chi connectivity index (χ1n) is 7.16. The molecule has 0 fully saturated rings. The highest BCUT2D eigenvalue weighted by Crippen LogP contribution is 2.31. The molecule has 0 aliphatic rings. The van der Waals surface area contributed by atoms with Gasteiger partial charge in [0.1, 0.15) is 4.49 Å². The molecule has 126 valence electrons. The number of benzene rings is 2. The number of ether oxygens (including phenoxy) is 1. The van der Waals surface area contributed by atoms with E-state index in [1.165, 1.54) is 7.11 Å². The van der Waals surface area contributed by atoms with Crippen LogP contribution >= 0.6 is 34.8 Å². The number of hydrogen-bond acceptors (Lipinski definition) is 3.